The highest BCUT2D eigenvalue weighted by Crippen LogP contribution is 2.35. The molecular weight excluding hydrogens is 425 g/mol. The summed E-state index contributed by atoms with van der Waals surface area (Å²) in [5.41, 5.74) is 0.865. The number of ether oxygens (including phenoxy) is 2. The van der Waals surface area contributed by atoms with Gasteiger partial charge in [-0.15, -0.1) is 0 Å². The molecule has 1 heterocycles. The van der Waals surface area contributed by atoms with Crippen LogP contribution in [0.2, 0.25) is 0 Å². The molecule has 32 heavy (non-hydrogen) atoms. The summed E-state index contributed by atoms with van der Waals surface area (Å²) in [6.45, 7) is -2.61. The first kappa shape index (κ1) is 22.0. The van der Waals surface area contributed by atoms with Gasteiger partial charge in [0.1, 0.15) is 5.82 Å². The zero-order valence-corrected chi connectivity index (χ0v) is 17.5. The van der Waals surface area contributed by atoms with E-state index in [-0.39, 0.29) is 54.6 Å². The van der Waals surface area contributed by atoms with Crippen LogP contribution in [0, 0.1) is 11.7 Å². The van der Waals surface area contributed by atoms with Crippen molar-refractivity contribution in [3.8, 4) is 11.5 Å². The Balaban J connectivity index is 1.50. The van der Waals surface area contributed by atoms with Crippen molar-refractivity contribution in [1.29, 1.82) is 0 Å². The first-order valence-electron chi connectivity index (χ1n) is 10.3. The van der Waals surface area contributed by atoms with E-state index in [1.54, 1.807) is 29.2 Å². The zero-order valence-electron chi connectivity index (χ0n) is 17.5. The number of anilines is 1. The largest absolute Gasteiger partial charge is 0.493 e. The highest BCUT2D eigenvalue weighted by Gasteiger charge is 2.42. The van der Waals surface area contributed by atoms with Crippen LogP contribution < -0.4 is 14.4 Å². The van der Waals surface area contributed by atoms with Crippen LogP contribution in [-0.4, -0.2) is 43.0 Å². The molecule has 0 aromatic heterocycles. The molecule has 1 saturated heterocycles. The highest BCUT2D eigenvalue weighted by atomic mass is 19.3. The number of methoxy groups -OCH3 is 1. The number of halogens is 3. The second kappa shape index (κ2) is 9.10. The van der Waals surface area contributed by atoms with Crippen molar-refractivity contribution in [1.82, 2.24) is 4.90 Å². The molecule has 4 rings (SSSR count). The van der Waals surface area contributed by atoms with Crippen molar-refractivity contribution in [2.45, 2.75) is 38.5 Å². The summed E-state index contributed by atoms with van der Waals surface area (Å²) in [6.07, 6.45) is 1.72. The predicted molar refractivity (Wildman–Crippen MR) is 110 cm³/mol. The lowest BCUT2D eigenvalue weighted by Crippen LogP contribution is -2.38. The Kier molecular flexibility index (Phi) is 6.25. The third kappa shape index (κ3) is 4.66. The molecule has 2 amide bonds. The van der Waals surface area contributed by atoms with Gasteiger partial charge in [-0.2, -0.15) is 8.78 Å². The molecular formula is C23H23F3N2O4. The molecule has 1 aliphatic carbocycles. The molecule has 2 aliphatic rings. The molecule has 2 fully saturated rings. The lowest BCUT2D eigenvalue weighted by molar-refractivity contribution is -0.137. The van der Waals surface area contributed by atoms with Gasteiger partial charge in [0.15, 0.2) is 11.5 Å². The number of hydrogen-bond acceptors (Lipinski definition) is 4. The van der Waals surface area contributed by atoms with E-state index in [4.69, 9.17) is 4.74 Å². The maximum absolute atomic E-state index is 14.2. The van der Waals surface area contributed by atoms with Gasteiger partial charge in [-0.3, -0.25) is 9.59 Å². The number of carbonyl (C=O) groups excluding carboxylic acids is 2. The molecule has 9 heteroatoms. The number of benzene rings is 2. The summed E-state index contributed by atoms with van der Waals surface area (Å²) in [5.74, 6) is -1.49. The molecule has 1 saturated carbocycles. The highest BCUT2D eigenvalue weighted by molar-refractivity contribution is 6.00. The van der Waals surface area contributed by atoms with Gasteiger partial charge in [-0.25, -0.2) is 4.39 Å². The lowest BCUT2D eigenvalue weighted by Gasteiger charge is -2.26. The summed E-state index contributed by atoms with van der Waals surface area (Å²) < 4.78 is 48.9. The minimum atomic E-state index is -2.98. The number of para-hydroxylation sites is 1. The Bertz CT molecular complexity index is 1010. The second-order valence-electron chi connectivity index (χ2n) is 7.92. The summed E-state index contributed by atoms with van der Waals surface area (Å²) in [4.78, 5) is 28.9. The average molecular weight is 448 g/mol. The van der Waals surface area contributed by atoms with Crippen LogP contribution in [0.3, 0.4) is 0 Å². The molecule has 1 aliphatic heterocycles. The number of rotatable bonds is 8. The quantitative estimate of drug-likeness (QED) is 0.613. The Labute approximate surface area is 183 Å². The van der Waals surface area contributed by atoms with Gasteiger partial charge in [0, 0.05) is 25.6 Å². The third-order valence-electron chi connectivity index (χ3n) is 5.69. The molecule has 2 aromatic carbocycles. The molecule has 0 N–H and O–H groups in total. The van der Waals surface area contributed by atoms with E-state index in [0.717, 1.165) is 12.8 Å². The fourth-order valence-electron chi connectivity index (χ4n) is 3.98. The molecule has 0 unspecified atom stereocenters. The summed E-state index contributed by atoms with van der Waals surface area (Å²) in [7, 11) is 1.35. The fourth-order valence-corrected chi connectivity index (χ4v) is 3.98. The van der Waals surface area contributed by atoms with Crippen molar-refractivity contribution >= 4 is 17.5 Å². The number of amides is 2. The molecule has 170 valence electrons. The van der Waals surface area contributed by atoms with Gasteiger partial charge in [0.25, 0.3) is 0 Å². The number of hydrogen-bond donors (Lipinski definition) is 0. The van der Waals surface area contributed by atoms with E-state index in [2.05, 4.69) is 4.74 Å². The standard InChI is InChI=1S/C23H23F3N2O4/c1-31-20-10-14(6-9-19(20)32-23(25)26)12-27(16-7-8-16)22(30)15-11-21(29)28(13-15)18-5-3-2-4-17(18)24/h2-6,9-10,15-16,23H,7-8,11-13H2,1H3/t15-/m1/s1. The predicted octanol–water partition coefficient (Wildman–Crippen LogP) is 3.98. The normalized spacial score (nSPS) is 18.2. The van der Waals surface area contributed by atoms with Crippen LogP contribution in [0.1, 0.15) is 24.8 Å². The van der Waals surface area contributed by atoms with Gasteiger partial charge in [-0.05, 0) is 42.7 Å². The van der Waals surface area contributed by atoms with Crippen LogP contribution in [0.5, 0.6) is 11.5 Å². The molecule has 1 atom stereocenters. The van der Waals surface area contributed by atoms with Crippen LogP contribution >= 0.6 is 0 Å². The Morgan fingerprint density at radius 2 is 1.94 bits per heavy atom. The summed E-state index contributed by atoms with van der Waals surface area (Å²) in [6, 6.07) is 10.6. The molecule has 2 aromatic rings. The van der Waals surface area contributed by atoms with E-state index >= 15 is 0 Å². The van der Waals surface area contributed by atoms with E-state index in [1.807, 2.05) is 0 Å². The van der Waals surface area contributed by atoms with E-state index in [9.17, 15) is 22.8 Å². The maximum atomic E-state index is 14.2. The van der Waals surface area contributed by atoms with Gasteiger partial charge < -0.3 is 19.3 Å². The number of nitrogens with zero attached hydrogens (tertiary/aromatic N) is 2. The first-order valence-corrected chi connectivity index (χ1v) is 10.3. The van der Waals surface area contributed by atoms with Crippen LogP contribution in [0.25, 0.3) is 0 Å². The van der Waals surface area contributed by atoms with Crippen molar-refractivity contribution in [3.63, 3.8) is 0 Å². The summed E-state index contributed by atoms with van der Waals surface area (Å²) >= 11 is 0. The fraction of sp³-hybridized carbons (Fsp3) is 0.391. The molecule has 0 bridgehead atoms. The van der Waals surface area contributed by atoms with E-state index in [1.165, 1.54) is 30.2 Å². The van der Waals surface area contributed by atoms with Gasteiger partial charge in [0.05, 0.1) is 18.7 Å². The van der Waals surface area contributed by atoms with E-state index in [0.29, 0.717) is 5.56 Å². The van der Waals surface area contributed by atoms with E-state index < -0.39 is 18.3 Å². The zero-order chi connectivity index (χ0) is 22.8. The van der Waals surface area contributed by atoms with Gasteiger partial charge in [0.2, 0.25) is 11.8 Å². The molecule has 0 radical (unpaired) electrons. The minimum absolute atomic E-state index is 0.0148. The Morgan fingerprint density at radius 3 is 2.59 bits per heavy atom. The minimum Gasteiger partial charge on any atom is -0.493 e. The van der Waals surface area contributed by atoms with Crippen molar-refractivity contribution in [3.05, 3.63) is 53.8 Å². The van der Waals surface area contributed by atoms with Crippen LogP contribution in [0.4, 0.5) is 18.9 Å². The maximum Gasteiger partial charge on any atom is 0.387 e. The summed E-state index contributed by atoms with van der Waals surface area (Å²) in [5, 5.41) is 0. The molecule has 0 spiro atoms. The first-order chi connectivity index (χ1) is 15.4. The third-order valence-corrected chi connectivity index (χ3v) is 5.69. The average Bonchev–Trinajstić information content (AvgIpc) is 3.54. The van der Waals surface area contributed by atoms with Crippen molar-refractivity contribution in [2.24, 2.45) is 5.92 Å². The van der Waals surface area contributed by atoms with Gasteiger partial charge in [-0.1, -0.05) is 18.2 Å². The molecule has 6 nitrogen and oxygen atoms in total. The Hall–Kier alpha value is -3.23. The topological polar surface area (TPSA) is 59.1 Å². The number of carbonyl (C=O) groups is 2. The number of alkyl halides is 2. The lowest BCUT2D eigenvalue weighted by atomic mass is 10.1. The van der Waals surface area contributed by atoms with Crippen LogP contribution in [-0.2, 0) is 16.1 Å². The van der Waals surface area contributed by atoms with Gasteiger partial charge >= 0.3 is 6.61 Å². The smallest absolute Gasteiger partial charge is 0.387 e. The second-order valence-corrected chi connectivity index (χ2v) is 7.92. The Morgan fingerprint density at radius 1 is 1.19 bits per heavy atom. The SMILES string of the molecule is COc1cc(CN(C(=O)[C@@H]2CC(=O)N(c3ccccc3F)C2)C2CC2)ccc1OC(F)F. The van der Waals surface area contributed by atoms with Crippen LogP contribution in [0.15, 0.2) is 42.5 Å². The van der Waals surface area contributed by atoms with Crippen molar-refractivity contribution < 1.29 is 32.2 Å². The van der Waals surface area contributed by atoms with Crippen molar-refractivity contribution in [2.75, 3.05) is 18.6 Å². The monoisotopic (exact) mass is 448 g/mol.